The summed E-state index contributed by atoms with van der Waals surface area (Å²) in [6.45, 7) is 1.90. The van der Waals surface area contributed by atoms with E-state index in [0.29, 0.717) is 17.2 Å². The maximum absolute atomic E-state index is 11.9. The molecule has 0 heterocycles. The zero-order chi connectivity index (χ0) is 14.5. The van der Waals surface area contributed by atoms with E-state index < -0.39 is 21.4 Å². The second-order valence-electron chi connectivity index (χ2n) is 4.22. The first kappa shape index (κ1) is 16.0. The molecule has 0 radical (unpaired) electrons. The van der Waals surface area contributed by atoms with Gasteiger partial charge in [0.25, 0.3) is 0 Å². The first-order valence-corrected chi connectivity index (χ1v) is 8.16. The van der Waals surface area contributed by atoms with E-state index in [-0.39, 0.29) is 11.3 Å². The highest BCUT2D eigenvalue weighted by Crippen LogP contribution is 2.25. The van der Waals surface area contributed by atoms with E-state index in [1.54, 1.807) is 6.07 Å². The van der Waals surface area contributed by atoms with Crippen LogP contribution in [0.1, 0.15) is 30.1 Å². The van der Waals surface area contributed by atoms with Crippen molar-refractivity contribution in [3.05, 3.63) is 28.8 Å². The number of hydrogen-bond donors (Lipinski definition) is 0. The van der Waals surface area contributed by atoms with E-state index in [1.807, 2.05) is 6.92 Å². The normalized spacial score (nSPS) is 11.3. The molecular formula is C13H17ClO4S. The summed E-state index contributed by atoms with van der Waals surface area (Å²) >= 11 is 5.90. The molecular weight excluding hydrogens is 288 g/mol. The quantitative estimate of drug-likeness (QED) is 0.727. The number of sulfone groups is 1. The lowest BCUT2D eigenvalue weighted by Crippen LogP contribution is -2.19. The molecule has 1 aromatic rings. The van der Waals surface area contributed by atoms with E-state index in [4.69, 9.17) is 16.3 Å². The van der Waals surface area contributed by atoms with Crippen molar-refractivity contribution in [1.82, 2.24) is 0 Å². The summed E-state index contributed by atoms with van der Waals surface area (Å²) < 4.78 is 28.4. The summed E-state index contributed by atoms with van der Waals surface area (Å²) in [5.74, 6) is -0.429. The van der Waals surface area contributed by atoms with Crippen LogP contribution in [0, 0.1) is 0 Å². The highest BCUT2D eigenvalue weighted by Gasteiger charge is 2.18. The SMILES string of the molecule is CCCCS(=O)(=O)CC(=O)c1ccc(OC)c(Cl)c1. The third-order valence-corrected chi connectivity index (χ3v) is 4.54. The Bertz CT molecular complexity index is 552. The molecule has 0 N–H and O–H groups in total. The standard InChI is InChI=1S/C13H17ClO4S/c1-3-4-7-19(16,17)9-12(15)10-5-6-13(18-2)11(14)8-10/h5-6,8H,3-4,7,9H2,1-2H3. The molecule has 0 saturated heterocycles. The van der Waals surface area contributed by atoms with E-state index in [1.165, 1.54) is 19.2 Å². The smallest absolute Gasteiger partial charge is 0.177 e. The fourth-order valence-electron chi connectivity index (χ4n) is 1.56. The van der Waals surface area contributed by atoms with Gasteiger partial charge in [-0.1, -0.05) is 24.9 Å². The van der Waals surface area contributed by atoms with E-state index in [0.717, 1.165) is 6.42 Å². The zero-order valence-corrected chi connectivity index (χ0v) is 12.6. The second-order valence-corrected chi connectivity index (χ2v) is 6.81. The summed E-state index contributed by atoms with van der Waals surface area (Å²) in [5.41, 5.74) is 0.283. The molecule has 0 aliphatic carbocycles. The number of ether oxygens (including phenoxy) is 1. The second kappa shape index (κ2) is 6.91. The number of carbonyl (C=O) groups is 1. The Morgan fingerprint density at radius 1 is 1.37 bits per heavy atom. The average Bonchev–Trinajstić information content (AvgIpc) is 2.35. The molecule has 0 aromatic heterocycles. The summed E-state index contributed by atoms with van der Waals surface area (Å²) in [6.07, 6.45) is 1.35. The van der Waals surface area contributed by atoms with Gasteiger partial charge in [-0.05, 0) is 24.6 Å². The van der Waals surface area contributed by atoms with Crippen molar-refractivity contribution < 1.29 is 17.9 Å². The van der Waals surface area contributed by atoms with Gasteiger partial charge in [-0.25, -0.2) is 8.42 Å². The van der Waals surface area contributed by atoms with E-state index in [2.05, 4.69) is 0 Å². The Balaban J connectivity index is 2.81. The van der Waals surface area contributed by atoms with Crippen molar-refractivity contribution in [1.29, 1.82) is 0 Å². The molecule has 0 saturated carbocycles. The number of ketones is 1. The van der Waals surface area contributed by atoms with Gasteiger partial charge >= 0.3 is 0 Å². The molecule has 0 atom stereocenters. The number of hydrogen-bond acceptors (Lipinski definition) is 4. The average molecular weight is 305 g/mol. The summed E-state index contributed by atoms with van der Waals surface area (Å²) in [6, 6.07) is 4.49. The molecule has 0 spiro atoms. The lowest BCUT2D eigenvalue weighted by atomic mass is 10.1. The predicted octanol–water partition coefficient (Wildman–Crippen LogP) is 2.75. The van der Waals surface area contributed by atoms with Gasteiger partial charge in [-0.15, -0.1) is 0 Å². The minimum Gasteiger partial charge on any atom is -0.495 e. The van der Waals surface area contributed by atoms with Crippen LogP contribution in [-0.4, -0.2) is 32.8 Å². The van der Waals surface area contributed by atoms with Crippen LogP contribution in [0.3, 0.4) is 0 Å². The van der Waals surface area contributed by atoms with Crippen LogP contribution >= 0.6 is 11.6 Å². The van der Waals surface area contributed by atoms with Crippen LogP contribution in [0.2, 0.25) is 5.02 Å². The molecule has 0 bridgehead atoms. The molecule has 1 rings (SSSR count). The van der Waals surface area contributed by atoms with Gasteiger partial charge in [0.15, 0.2) is 15.6 Å². The third-order valence-electron chi connectivity index (χ3n) is 2.63. The van der Waals surface area contributed by atoms with Crippen molar-refractivity contribution in [3.63, 3.8) is 0 Å². The van der Waals surface area contributed by atoms with Gasteiger partial charge < -0.3 is 4.74 Å². The summed E-state index contributed by atoms with van der Waals surface area (Å²) in [5, 5.41) is 0.291. The Hall–Kier alpha value is -1.07. The molecule has 0 aliphatic heterocycles. The fourth-order valence-corrected chi connectivity index (χ4v) is 3.26. The van der Waals surface area contributed by atoms with Gasteiger partial charge in [-0.3, -0.25) is 4.79 Å². The lowest BCUT2D eigenvalue weighted by molar-refractivity contribution is 0.102. The number of halogens is 1. The minimum absolute atomic E-state index is 0.0408. The topological polar surface area (TPSA) is 60.4 Å². The first-order valence-electron chi connectivity index (χ1n) is 5.96. The van der Waals surface area contributed by atoms with Gasteiger partial charge in [0, 0.05) is 5.56 Å². The Kier molecular flexibility index (Phi) is 5.82. The van der Waals surface area contributed by atoms with Gasteiger partial charge in [0.1, 0.15) is 11.5 Å². The molecule has 0 aliphatic rings. The van der Waals surface area contributed by atoms with Gasteiger partial charge in [-0.2, -0.15) is 0 Å². The lowest BCUT2D eigenvalue weighted by Gasteiger charge is -2.06. The third kappa shape index (κ3) is 4.84. The maximum atomic E-state index is 11.9. The minimum atomic E-state index is -3.34. The summed E-state index contributed by atoms with van der Waals surface area (Å²) in [4.78, 5) is 11.9. The van der Waals surface area contributed by atoms with Crippen LogP contribution in [0.5, 0.6) is 5.75 Å². The molecule has 19 heavy (non-hydrogen) atoms. The van der Waals surface area contributed by atoms with Crippen LogP contribution in [0.15, 0.2) is 18.2 Å². The zero-order valence-electron chi connectivity index (χ0n) is 11.0. The van der Waals surface area contributed by atoms with Gasteiger partial charge in [0.2, 0.25) is 0 Å². The molecule has 0 fully saturated rings. The van der Waals surface area contributed by atoms with Crippen molar-refractivity contribution in [2.75, 3.05) is 18.6 Å². The van der Waals surface area contributed by atoms with Crippen molar-refractivity contribution in [3.8, 4) is 5.75 Å². The molecule has 106 valence electrons. The molecule has 0 amide bonds. The number of benzene rings is 1. The fraction of sp³-hybridized carbons (Fsp3) is 0.462. The number of Topliss-reactive ketones (excluding diaryl/α,β-unsaturated/α-hetero) is 1. The Morgan fingerprint density at radius 3 is 2.58 bits per heavy atom. The van der Waals surface area contributed by atoms with Gasteiger partial charge in [0.05, 0.1) is 17.9 Å². The van der Waals surface area contributed by atoms with Crippen molar-refractivity contribution in [2.24, 2.45) is 0 Å². The molecule has 4 nitrogen and oxygen atoms in total. The molecule has 0 unspecified atom stereocenters. The first-order chi connectivity index (χ1) is 8.89. The molecule has 1 aromatic carbocycles. The van der Waals surface area contributed by atoms with E-state index in [9.17, 15) is 13.2 Å². The van der Waals surface area contributed by atoms with Crippen LogP contribution in [0.25, 0.3) is 0 Å². The number of carbonyl (C=O) groups excluding carboxylic acids is 1. The number of methoxy groups -OCH3 is 1. The highest BCUT2D eigenvalue weighted by molar-refractivity contribution is 7.92. The number of unbranched alkanes of at least 4 members (excludes halogenated alkanes) is 1. The van der Waals surface area contributed by atoms with Crippen molar-refractivity contribution in [2.45, 2.75) is 19.8 Å². The van der Waals surface area contributed by atoms with Crippen LogP contribution in [-0.2, 0) is 9.84 Å². The highest BCUT2D eigenvalue weighted by atomic mass is 35.5. The Morgan fingerprint density at radius 2 is 2.05 bits per heavy atom. The van der Waals surface area contributed by atoms with Crippen LogP contribution in [0.4, 0.5) is 0 Å². The van der Waals surface area contributed by atoms with Crippen LogP contribution < -0.4 is 4.74 Å². The Labute approximate surface area is 118 Å². The number of rotatable bonds is 7. The predicted molar refractivity (Wildman–Crippen MR) is 75.9 cm³/mol. The largest absolute Gasteiger partial charge is 0.495 e. The summed E-state index contributed by atoms with van der Waals surface area (Å²) in [7, 11) is -1.87. The molecule has 6 heteroatoms. The van der Waals surface area contributed by atoms with Crippen molar-refractivity contribution >= 4 is 27.2 Å². The monoisotopic (exact) mass is 304 g/mol. The van der Waals surface area contributed by atoms with E-state index >= 15 is 0 Å². The maximum Gasteiger partial charge on any atom is 0.177 e.